The molecule has 18 heavy (non-hydrogen) atoms. The van der Waals surface area contributed by atoms with E-state index in [1.165, 1.54) is 0 Å². The number of nitrogens with one attached hydrogen (secondary N) is 1. The van der Waals surface area contributed by atoms with Gasteiger partial charge in [-0.3, -0.25) is 14.6 Å². The van der Waals surface area contributed by atoms with Crippen molar-refractivity contribution in [2.45, 2.75) is 25.1 Å². The Kier molecular flexibility index (Phi) is 3.87. The quantitative estimate of drug-likeness (QED) is 0.874. The van der Waals surface area contributed by atoms with Crippen LogP contribution in [0.3, 0.4) is 0 Å². The molecule has 0 aliphatic carbocycles. The van der Waals surface area contributed by atoms with Crippen molar-refractivity contribution in [3.05, 3.63) is 29.3 Å². The van der Waals surface area contributed by atoms with Gasteiger partial charge in [0, 0.05) is 29.2 Å². The van der Waals surface area contributed by atoms with Crippen LogP contribution in [0.25, 0.3) is 11.4 Å². The number of thioether (sulfide) groups is 1. The Balaban J connectivity index is 2.43. The number of aromatic amines is 1. The molecule has 0 aliphatic rings. The van der Waals surface area contributed by atoms with E-state index in [9.17, 15) is 0 Å². The maximum Gasteiger partial charge on any atom is 0.195 e. The number of H-pyrrole nitrogens is 1. The molecule has 0 amide bonds. The lowest BCUT2D eigenvalue weighted by molar-refractivity contribution is 0.566. The van der Waals surface area contributed by atoms with Crippen LogP contribution >= 0.6 is 24.0 Å². The van der Waals surface area contributed by atoms with Gasteiger partial charge in [-0.15, -0.1) is 0 Å². The molecular formula is C12H16N4S2. The van der Waals surface area contributed by atoms with Crippen molar-refractivity contribution in [1.82, 2.24) is 19.7 Å². The minimum atomic E-state index is 0.115. The summed E-state index contributed by atoms with van der Waals surface area (Å²) in [4.78, 5) is 4.02. The van der Waals surface area contributed by atoms with Crippen LogP contribution in [0.2, 0.25) is 0 Å². The summed E-state index contributed by atoms with van der Waals surface area (Å²) >= 11 is 7.13. The van der Waals surface area contributed by atoms with Crippen LogP contribution in [0.15, 0.2) is 24.5 Å². The first-order valence-electron chi connectivity index (χ1n) is 5.64. The topological polar surface area (TPSA) is 46.5 Å². The molecule has 0 atom stereocenters. The second-order valence-electron chi connectivity index (χ2n) is 4.64. The molecule has 0 unspecified atom stereocenters. The second-order valence-corrected chi connectivity index (χ2v) is 6.54. The maximum atomic E-state index is 5.31. The Morgan fingerprint density at radius 3 is 2.67 bits per heavy atom. The minimum Gasteiger partial charge on any atom is -0.299 e. The van der Waals surface area contributed by atoms with E-state index < -0.39 is 0 Å². The maximum absolute atomic E-state index is 5.31. The van der Waals surface area contributed by atoms with Crippen molar-refractivity contribution in [2.75, 3.05) is 6.26 Å². The Labute approximate surface area is 116 Å². The zero-order valence-corrected chi connectivity index (χ0v) is 12.3. The van der Waals surface area contributed by atoms with Crippen LogP contribution in [0.5, 0.6) is 0 Å². The van der Waals surface area contributed by atoms with Crippen LogP contribution in [0, 0.1) is 4.77 Å². The van der Waals surface area contributed by atoms with E-state index in [1.54, 1.807) is 12.4 Å². The second kappa shape index (κ2) is 5.24. The first-order chi connectivity index (χ1) is 8.53. The zero-order valence-electron chi connectivity index (χ0n) is 10.7. The number of hydrogen-bond donors (Lipinski definition) is 1. The Morgan fingerprint density at radius 1 is 1.39 bits per heavy atom. The molecule has 0 aromatic carbocycles. The van der Waals surface area contributed by atoms with Gasteiger partial charge in [-0.2, -0.15) is 16.9 Å². The highest BCUT2D eigenvalue weighted by Gasteiger charge is 2.20. The summed E-state index contributed by atoms with van der Waals surface area (Å²) in [6.45, 7) is 5.21. The highest BCUT2D eigenvalue weighted by atomic mass is 32.2. The van der Waals surface area contributed by atoms with Crippen LogP contribution in [0.4, 0.5) is 0 Å². The lowest BCUT2D eigenvalue weighted by Gasteiger charge is -2.23. The van der Waals surface area contributed by atoms with Gasteiger partial charge in [0.2, 0.25) is 0 Å². The molecule has 0 saturated carbocycles. The lowest BCUT2D eigenvalue weighted by Crippen LogP contribution is -2.23. The highest BCUT2D eigenvalue weighted by molar-refractivity contribution is 7.99. The third kappa shape index (κ3) is 2.81. The van der Waals surface area contributed by atoms with Crippen LogP contribution < -0.4 is 0 Å². The van der Waals surface area contributed by atoms with E-state index in [2.05, 4.69) is 35.3 Å². The highest BCUT2D eigenvalue weighted by Crippen LogP contribution is 2.26. The van der Waals surface area contributed by atoms with Gasteiger partial charge in [-0.1, -0.05) is 0 Å². The van der Waals surface area contributed by atoms with Gasteiger partial charge in [-0.25, -0.2) is 0 Å². The molecule has 0 saturated heterocycles. The molecule has 2 rings (SSSR count). The van der Waals surface area contributed by atoms with E-state index in [0.717, 1.165) is 17.9 Å². The molecule has 6 heteroatoms. The number of pyridine rings is 1. The summed E-state index contributed by atoms with van der Waals surface area (Å²) in [6, 6.07) is 3.88. The van der Waals surface area contributed by atoms with Gasteiger partial charge in [0.05, 0.1) is 0 Å². The summed E-state index contributed by atoms with van der Waals surface area (Å²) in [5.74, 6) is 0.865. The fourth-order valence-electron chi connectivity index (χ4n) is 1.63. The van der Waals surface area contributed by atoms with Crippen molar-refractivity contribution in [3.63, 3.8) is 0 Å². The molecule has 2 heterocycles. The first-order valence-corrected chi connectivity index (χ1v) is 7.27. The Hall–Kier alpha value is -1.14. The summed E-state index contributed by atoms with van der Waals surface area (Å²) < 4.78 is 2.81. The summed E-state index contributed by atoms with van der Waals surface area (Å²) in [7, 11) is 0. The molecule has 2 aromatic heterocycles. The van der Waals surface area contributed by atoms with Crippen molar-refractivity contribution in [2.24, 2.45) is 0 Å². The average molecular weight is 280 g/mol. The summed E-state index contributed by atoms with van der Waals surface area (Å²) in [5.41, 5.74) is 1.02. The molecule has 2 aromatic rings. The lowest BCUT2D eigenvalue weighted by atomic mass is 10.2. The SMILES string of the molecule is CSC(C)(C)Cn1c(-c2ccncc2)n[nH]c1=S. The number of hydrogen-bond acceptors (Lipinski definition) is 4. The van der Waals surface area contributed by atoms with Crippen LogP contribution in [0.1, 0.15) is 13.8 Å². The molecule has 1 N–H and O–H groups in total. The van der Waals surface area contributed by atoms with Gasteiger partial charge >= 0.3 is 0 Å². The van der Waals surface area contributed by atoms with E-state index in [4.69, 9.17) is 12.2 Å². The molecule has 96 valence electrons. The van der Waals surface area contributed by atoms with Gasteiger partial charge in [0.15, 0.2) is 10.6 Å². The van der Waals surface area contributed by atoms with E-state index >= 15 is 0 Å². The average Bonchev–Trinajstić information content (AvgIpc) is 2.72. The smallest absolute Gasteiger partial charge is 0.195 e. The normalized spacial score (nSPS) is 11.7. The van der Waals surface area contributed by atoms with Crippen molar-refractivity contribution < 1.29 is 0 Å². The van der Waals surface area contributed by atoms with Crippen molar-refractivity contribution in [3.8, 4) is 11.4 Å². The molecular weight excluding hydrogens is 264 g/mol. The Bertz CT molecular complexity index is 571. The predicted octanol–water partition coefficient (Wildman–Crippen LogP) is 3.14. The van der Waals surface area contributed by atoms with E-state index in [1.807, 2.05) is 28.5 Å². The fraction of sp³-hybridized carbons (Fsp3) is 0.417. The predicted molar refractivity (Wildman–Crippen MR) is 78.2 cm³/mol. The fourth-order valence-corrected chi connectivity index (χ4v) is 2.09. The number of rotatable bonds is 4. The molecule has 0 aliphatic heterocycles. The van der Waals surface area contributed by atoms with Crippen molar-refractivity contribution >= 4 is 24.0 Å². The number of nitrogens with zero attached hydrogens (tertiary/aromatic N) is 3. The third-order valence-corrected chi connectivity index (χ3v) is 4.33. The third-order valence-electron chi connectivity index (χ3n) is 2.79. The zero-order chi connectivity index (χ0) is 13.2. The van der Waals surface area contributed by atoms with E-state index in [-0.39, 0.29) is 4.75 Å². The Morgan fingerprint density at radius 2 is 2.06 bits per heavy atom. The van der Waals surface area contributed by atoms with E-state index in [0.29, 0.717) is 4.77 Å². The molecule has 0 bridgehead atoms. The minimum absolute atomic E-state index is 0.115. The standard InChI is InChI=1S/C12H16N4S2/c1-12(2,18-3)8-16-10(14-15-11(16)17)9-4-6-13-7-5-9/h4-7H,8H2,1-3H3,(H,15,17). The van der Waals surface area contributed by atoms with Gasteiger partial charge in [0.25, 0.3) is 0 Å². The van der Waals surface area contributed by atoms with Crippen LogP contribution in [-0.2, 0) is 6.54 Å². The first kappa shape index (κ1) is 13.3. The number of aromatic nitrogens is 4. The summed E-state index contributed by atoms with van der Waals surface area (Å²) in [6.07, 6.45) is 5.63. The molecule has 4 nitrogen and oxygen atoms in total. The monoisotopic (exact) mass is 280 g/mol. The van der Waals surface area contributed by atoms with Gasteiger partial charge in [-0.05, 0) is 44.5 Å². The molecule has 0 radical (unpaired) electrons. The van der Waals surface area contributed by atoms with Crippen molar-refractivity contribution in [1.29, 1.82) is 0 Å². The summed E-state index contributed by atoms with van der Waals surface area (Å²) in [5, 5.41) is 7.18. The van der Waals surface area contributed by atoms with Gasteiger partial charge in [0.1, 0.15) is 0 Å². The van der Waals surface area contributed by atoms with Gasteiger partial charge < -0.3 is 0 Å². The van der Waals surface area contributed by atoms with Crippen LogP contribution in [-0.4, -0.2) is 30.8 Å². The molecule has 0 spiro atoms. The molecule has 0 fully saturated rings. The largest absolute Gasteiger partial charge is 0.299 e.